The Balaban J connectivity index is 2.07. The van der Waals surface area contributed by atoms with Gasteiger partial charge >= 0.3 is 12.1 Å². The Morgan fingerprint density at radius 2 is 1.61 bits per heavy atom. The highest BCUT2D eigenvalue weighted by molar-refractivity contribution is 6.33. The molecule has 0 bridgehead atoms. The van der Waals surface area contributed by atoms with Crippen LogP contribution in [0.5, 0.6) is 5.75 Å². The normalized spacial score (nSPS) is 12.2. The maximum absolute atomic E-state index is 13.6. The van der Waals surface area contributed by atoms with Crippen molar-refractivity contribution in [2.75, 3.05) is 5.32 Å². The maximum atomic E-state index is 13.6. The van der Waals surface area contributed by atoms with Crippen LogP contribution in [0, 0.1) is 11.6 Å². The summed E-state index contributed by atoms with van der Waals surface area (Å²) in [5.74, 6) is -4.39. The second-order valence-corrected chi connectivity index (χ2v) is 5.82. The van der Waals surface area contributed by atoms with Crippen LogP contribution in [0.3, 0.4) is 0 Å². The lowest BCUT2D eigenvalue weighted by molar-refractivity contribution is -0.199. The third-order valence-electron chi connectivity index (χ3n) is 3.15. The van der Waals surface area contributed by atoms with E-state index in [1.54, 1.807) is 0 Å². The molecule has 150 valence electrons. The van der Waals surface area contributed by atoms with E-state index in [1.807, 2.05) is 0 Å². The van der Waals surface area contributed by atoms with Gasteiger partial charge in [-0.25, -0.2) is 18.0 Å². The molecule has 1 atom stereocenters. The molecule has 0 radical (unpaired) electrons. The molecule has 2 aromatic carbocycles. The number of carbonyl (C=O) groups excluding carboxylic acids is 2. The van der Waals surface area contributed by atoms with Crippen LogP contribution in [0.15, 0.2) is 42.5 Å². The molecule has 3 amide bonds. The van der Waals surface area contributed by atoms with Crippen molar-refractivity contribution in [1.82, 2.24) is 4.42 Å². The van der Waals surface area contributed by atoms with E-state index < -0.39 is 46.6 Å². The highest BCUT2D eigenvalue weighted by atomic mass is 35.5. The van der Waals surface area contributed by atoms with Gasteiger partial charge in [-0.1, -0.05) is 17.7 Å². The molecule has 0 aromatic heterocycles. The van der Waals surface area contributed by atoms with E-state index in [0.717, 1.165) is 42.5 Å². The number of alkyl halides is 4. The number of carbonyl (C=O) groups is 2. The molecule has 0 aliphatic rings. The molecule has 0 heterocycles. The van der Waals surface area contributed by atoms with Gasteiger partial charge in [0.2, 0.25) is 0 Å². The predicted molar refractivity (Wildman–Crippen MR) is 90.2 cm³/mol. The average Bonchev–Trinajstić information content (AvgIpc) is 2.62. The fraction of sp³-hybridized carbons (Fsp3) is 0.125. The van der Waals surface area contributed by atoms with Crippen LogP contribution in [0.1, 0.15) is 10.4 Å². The molecule has 0 saturated heterocycles. The van der Waals surface area contributed by atoms with Gasteiger partial charge in [-0.2, -0.15) is 13.2 Å². The van der Waals surface area contributed by atoms with Gasteiger partial charge in [-0.05, 0) is 36.4 Å². The molecule has 0 spiro atoms. The summed E-state index contributed by atoms with van der Waals surface area (Å²) in [6.45, 7) is 0. The largest absolute Gasteiger partial charge is 0.444 e. The van der Waals surface area contributed by atoms with E-state index in [1.165, 1.54) is 0 Å². The third-order valence-corrected chi connectivity index (χ3v) is 3.71. The Morgan fingerprint density at radius 3 is 2.11 bits per heavy atom. The van der Waals surface area contributed by atoms with Gasteiger partial charge < -0.3 is 10.1 Å². The summed E-state index contributed by atoms with van der Waals surface area (Å²) in [7, 11) is 0. The van der Waals surface area contributed by atoms with Crippen LogP contribution in [-0.2, 0) is 0 Å². The standard InChI is InChI=1S/C16H9Cl2F5N2O3/c17-14(21)16(22,23)28-9-6-4-8(5-7-9)24-15(27)25(18)13(26)12-10(19)2-1-3-11(12)20/h1-7,14H,(H,24,27). The lowest BCUT2D eigenvalue weighted by Gasteiger charge is -2.18. The Hall–Kier alpha value is -2.59. The molecular weight excluding hydrogens is 434 g/mol. The van der Waals surface area contributed by atoms with E-state index in [4.69, 9.17) is 11.8 Å². The van der Waals surface area contributed by atoms with E-state index in [9.17, 15) is 31.5 Å². The SMILES string of the molecule is O=C(Nc1ccc(OC(F)(F)C(F)Cl)cc1)N(Cl)C(=O)c1c(F)cccc1F. The van der Waals surface area contributed by atoms with Gasteiger partial charge in [0.15, 0.2) is 0 Å². The fourth-order valence-corrected chi connectivity index (χ4v) is 2.04. The first kappa shape index (κ1) is 21.7. The summed E-state index contributed by atoms with van der Waals surface area (Å²) in [5.41, 5.74) is -4.17. The molecule has 0 fully saturated rings. The van der Waals surface area contributed by atoms with Gasteiger partial charge in [0.05, 0.1) is 0 Å². The monoisotopic (exact) mass is 442 g/mol. The Morgan fingerprint density at radius 1 is 1.07 bits per heavy atom. The van der Waals surface area contributed by atoms with E-state index >= 15 is 0 Å². The lowest BCUT2D eigenvalue weighted by Crippen LogP contribution is -2.33. The van der Waals surface area contributed by atoms with Crippen molar-refractivity contribution in [3.63, 3.8) is 0 Å². The predicted octanol–water partition coefficient (Wildman–Crippen LogP) is 5.30. The zero-order chi connectivity index (χ0) is 21.1. The van der Waals surface area contributed by atoms with Crippen LogP contribution in [-0.4, -0.2) is 28.1 Å². The average molecular weight is 443 g/mol. The minimum Gasteiger partial charge on any atom is -0.429 e. The van der Waals surface area contributed by atoms with Crippen molar-refractivity contribution >= 4 is 41.0 Å². The fourth-order valence-electron chi connectivity index (χ4n) is 1.87. The van der Waals surface area contributed by atoms with Crippen molar-refractivity contribution in [3.8, 4) is 5.75 Å². The first-order valence-electron chi connectivity index (χ1n) is 7.23. The molecule has 28 heavy (non-hydrogen) atoms. The zero-order valence-corrected chi connectivity index (χ0v) is 14.9. The van der Waals surface area contributed by atoms with Crippen LogP contribution >= 0.6 is 23.4 Å². The van der Waals surface area contributed by atoms with Crippen molar-refractivity contribution in [2.24, 2.45) is 0 Å². The number of imide groups is 1. The Bertz CT molecular complexity index is 861. The van der Waals surface area contributed by atoms with Gasteiger partial charge in [-0.15, -0.1) is 0 Å². The number of hydrogen-bond donors (Lipinski definition) is 1. The second-order valence-electron chi connectivity index (χ2n) is 5.10. The van der Waals surface area contributed by atoms with E-state index in [0.29, 0.717) is 0 Å². The first-order chi connectivity index (χ1) is 13.0. The molecule has 2 rings (SSSR count). The summed E-state index contributed by atoms with van der Waals surface area (Å²) in [4.78, 5) is 23.9. The van der Waals surface area contributed by atoms with Gasteiger partial charge in [0.1, 0.15) is 22.9 Å². The summed E-state index contributed by atoms with van der Waals surface area (Å²) in [5, 5.41) is 2.09. The van der Waals surface area contributed by atoms with E-state index in [-0.39, 0.29) is 10.1 Å². The molecule has 0 aliphatic carbocycles. The highest BCUT2D eigenvalue weighted by Crippen LogP contribution is 2.29. The molecule has 1 N–H and O–H groups in total. The number of hydrogen-bond acceptors (Lipinski definition) is 3. The number of nitrogens with zero attached hydrogens (tertiary/aromatic N) is 1. The summed E-state index contributed by atoms with van der Waals surface area (Å²) < 4.78 is 69.8. The van der Waals surface area contributed by atoms with Gasteiger partial charge in [-0.3, -0.25) is 4.79 Å². The summed E-state index contributed by atoms with van der Waals surface area (Å²) >= 11 is 10.2. The summed E-state index contributed by atoms with van der Waals surface area (Å²) in [6.07, 6.45) is -4.28. The summed E-state index contributed by atoms with van der Waals surface area (Å²) in [6, 6.07) is 5.35. The van der Waals surface area contributed by atoms with Crippen LogP contribution in [0.25, 0.3) is 0 Å². The lowest BCUT2D eigenvalue weighted by atomic mass is 10.2. The number of ether oxygens (including phenoxy) is 1. The maximum Gasteiger partial charge on any atom is 0.444 e. The van der Waals surface area contributed by atoms with Crippen LogP contribution in [0.4, 0.5) is 32.4 Å². The molecule has 0 saturated carbocycles. The molecule has 0 aliphatic heterocycles. The molecule has 1 unspecified atom stereocenters. The Labute approximate surface area is 164 Å². The second kappa shape index (κ2) is 8.61. The zero-order valence-electron chi connectivity index (χ0n) is 13.4. The first-order valence-corrected chi connectivity index (χ1v) is 8.00. The number of benzene rings is 2. The third kappa shape index (κ3) is 5.02. The number of rotatable bonds is 5. The minimum atomic E-state index is -4.28. The van der Waals surface area contributed by atoms with Crippen molar-refractivity contribution < 1.29 is 36.3 Å². The molecular formula is C16H9Cl2F5N2O3. The number of anilines is 1. The van der Waals surface area contributed by atoms with Crippen molar-refractivity contribution in [2.45, 2.75) is 11.7 Å². The van der Waals surface area contributed by atoms with Crippen molar-refractivity contribution in [1.29, 1.82) is 0 Å². The Kier molecular flexibility index (Phi) is 6.68. The molecule has 5 nitrogen and oxygen atoms in total. The van der Waals surface area contributed by atoms with Crippen LogP contribution < -0.4 is 10.1 Å². The highest BCUT2D eigenvalue weighted by Gasteiger charge is 2.42. The topological polar surface area (TPSA) is 58.6 Å². The number of nitrogens with one attached hydrogen (secondary N) is 1. The minimum absolute atomic E-state index is 0.0456. The van der Waals surface area contributed by atoms with Gasteiger partial charge in [0, 0.05) is 17.5 Å². The number of halogens is 7. The van der Waals surface area contributed by atoms with Gasteiger partial charge in [0.25, 0.3) is 11.5 Å². The molecule has 2 aromatic rings. The smallest absolute Gasteiger partial charge is 0.429 e. The van der Waals surface area contributed by atoms with Crippen LogP contribution in [0.2, 0.25) is 0 Å². The number of urea groups is 1. The quantitative estimate of drug-likeness (QED) is 0.388. The molecule has 12 heteroatoms. The van der Waals surface area contributed by atoms with E-state index in [2.05, 4.69) is 21.7 Å². The number of amides is 3. The van der Waals surface area contributed by atoms with Crippen molar-refractivity contribution in [3.05, 3.63) is 59.7 Å².